The molecular formula is C11H12N2O2. The van der Waals surface area contributed by atoms with Gasteiger partial charge in [0.05, 0.1) is 17.6 Å². The Morgan fingerprint density at radius 1 is 1.47 bits per heavy atom. The average Bonchev–Trinajstić information content (AvgIpc) is 2.69. The van der Waals surface area contributed by atoms with Crippen LogP contribution in [-0.4, -0.2) is 22.5 Å². The Balaban J connectivity index is 2.25. The maximum Gasteiger partial charge on any atom is 0.374 e. The van der Waals surface area contributed by atoms with E-state index in [1.807, 2.05) is 31.2 Å². The molecule has 0 saturated carbocycles. The van der Waals surface area contributed by atoms with Crippen LogP contribution < -0.4 is 0 Å². The Labute approximate surface area is 87.3 Å². The molecule has 78 valence electrons. The number of rotatable bonds is 3. The Hall–Kier alpha value is -1.84. The van der Waals surface area contributed by atoms with Crippen LogP contribution in [-0.2, 0) is 4.74 Å². The lowest BCUT2D eigenvalue weighted by molar-refractivity contribution is 0.0492. The predicted molar refractivity (Wildman–Crippen MR) is 56.7 cm³/mol. The zero-order valence-electron chi connectivity index (χ0n) is 8.49. The third-order valence-corrected chi connectivity index (χ3v) is 2.02. The number of H-pyrrole nitrogens is 1. The van der Waals surface area contributed by atoms with Crippen molar-refractivity contribution < 1.29 is 9.53 Å². The van der Waals surface area contributed by atoms with E-state index in [1.165, 1.54) is 0 Å². The van der Waals surface area contributed by atoms with E-state index in [0.29, 0.717) is 6.61 Å². The molecule has 0 bridgehead atoms. The zero-order chi connectivity index (χ0) is 10.7. The summed E-state index contributed by atoms with van der Waals surface area (Å²) in [5.74, 6) is -0.127. The second-order valence-corrected chi connectivity index (χ2v) is 3.24. The molecule has 0 unspecified atom stereocenters. The normalized spacial score (nSPS) is 10.5. The van der Waals surface area contributed by atoms with Crippen LogP contribution in [0.5, 0.6) is 0 Å². The molecule has 1 aromatic heterocycles. The van der Waals surface area contributed by atoms with E-state index in [4.69, 9.17) is 4.74 Å². The van der Waals surface area contributed by atoms with Crippen LogP contribution in [0.2, 0.25) is 0 Å². The fourth-order valence-corrected chi connectivity index (χ4v) is 1.31. The van der Waals surface area contributed by atoms with Crippen molar-refractivity contribution in [1.82, 2.24) is 9.97 Å². The monoisotopic (exact) mass is 204 g/mol. The largest absolute Gasteiger partial charge is 0.460 e. The molecule has 2 rings (SSSR count). The first-order chi connectivity index (χ1) is 7.31. The Morgan fingerprint density at radius 3 is 3.00 bits per heavy atom. The van der Waals surface area contributed by atoms with E-state index in [0.717, 1.165) is 17.5 Å². The van der Waals surface area contributed by atoms with Gasteiger partial charge in [-0.2, -0.15) is 0 Å². The van der Waals surface area contributed by atoms with Crippen molar-refractivity contribution in [2.24, 2.45) is 0 Å². The van der Waals surface area contributed by atoms with Crippen LogP contribution in [0.3, 0.4) is 0 Å². The Bertz CT molecular complexity index is 443. The van der Waals surface area contributed by atoms with Gasteiger partial charge in [0.25, 0.3) is 0 Å². The molecule has 0 aliphatic carbocycles. The van der Waals surface area contributed by atoms with E-state index in [-0.39, 0.29) is 5.82 Å². The van der Waals surface area contributed by atoms with E-state index in [2.05, 4.69) is 9.97 Å². The molecule has 4 heteroatoms. The minimum Gasteiger partial charge on any atom is -0.460 e. The molecule has 4 nitrogen and oxygen atoms in total. The molecule has 0 radical (unpaired) electrons. The van der Waals surface area contributed by atoms with E-state index in [9.17, 15) is 4.79 Å². The first-order valence-electron chi connectivity index (χ1n) is 4.93. The quantitative estimate of drug-likeness (QED) is 0.779. The molecule has 1 heterocycles. The number of hydrogen-bond donors (Lipinski definition) is 1. The Kier molecular flexibility index (Phi) is 2.67. The summed E-state index contributed by atoms with van der Waals surface area (Å²) in [6.45, 7) is 2.38. The van der Waals surface area contributed by atoms with Gasteiger partial charge >= 0.3 is 5.97 Å². The standard InChI is InChI=1S/C11H12N2O2/c1-2-7-15-11(14)10-12-8-5-3-4-6-9(8)13-10/h3-6H,2,7H2,1H3,(H,12,13). The highest BCUT2D eigenvalue weighted by atomic mass is 16.5. The number of nitrogens with zero attached hydrogens (tertiary/aromatic N) is 1. The highest BCUT2D eigenvalue weighted by Crippen LogP contribution is 2.10. The predicted octanol–water partition coefficient (Wildman–Crippen LogP) is 2.13. The number of esters is 1. The summed E-state index contributed by atoms with van der Waals surface area (Å²) >= 11 is 0. The molecule has 15 heavy (non-hydrogen) atoms. The lowest BCUT2D eigenvalue weighted by Gasteiger charge is -1.98. The van der Waals surface area contributed by atoms with E-state index in [1.54, 1.807) is 0 Å². The minimum absolute atomic E-state index is 0.268. The molecule has 0 fully saturated rings. The lowest BCUT2D eigenvalue weighted by Crippen LogP contribution is -2.07. The van der Waals surface area contributed by atoms with Crippen LogP contribution in [0.1, 0.15) is 24.0 Å². The molecular weight excluding hydrogens is 192 g/mol. The SMILES string of the molecule is CCCOC(=O)c1nc2ccccc2[nH]1. The van der Waals surface area contributed by atoms with Gasteiger partial charge in [-0.1, -0.05) is 19.1 Å². The van der Waals surface area contributed by atoms with Crippen molar-refractivity contribution in [3.8, 4) is 0 Å². The van der Waals surface area contributed by atoms with Crippen molar-refractivity contribution >= 4 is 17.0 Å². The van der Waals surface area contributed by atoms with Gasteiger partial charge in [-0.25, -0.2) is 9.78 Å². The van der Waals surface area contributed by atoms with E-state index < -0.39 is 5.97 Å². The number of aromatic nitrogens is 2. The number of aromatic amines is 1. The van der Waals surface area contributed by atoms with E-state index >= 15 is 0 Å². The van der Waals surface area contributed by atoms with Crippen molar-refractivity contribution in [2.45, 2.75) is 13.3 Å². The summed E-state index contributed by atoms with van der Waals surface area (Å²) in [5.41, 5.74) is 1.63. The lowest BCUT2D eigenvalue weighted by atomic mass is 10.3. The maximum atomic E-state index is 11.5. The molecule has 0 spiro atoms. The first-order valence-corrected chi connectivity index (χ1v) is 4.93. The van der Waals surface area contributed by atoms with Gasteiger partial charge in [0.1, 0.15) is 0 Å². The molecule has 0 saturated heterocycles. The summed E-state index contributed by atoms with van der Waals surface area (Å²) in [5, 5.41) is 0. The average molecular weight is 204 g/mol. The number of nitrogens with one attached hydrogen (secondary N) is 1. The minimum atomic E-state index is -0.395. The number of hydrogen-bond acceptors (Lipinski definition) is 3. The van der Waals surface area contributed by atoms with Gasteiger partial charge in [-0.15, -0.1) is 0 Å². The zero-order valence-corrected chi connectivity index (χ0v) is 8.49. The van der Waals surface area contributed by atoms with Crippen molar-refractivity contribution in [1.29, 1.82) is 0 Å². The van der Waals surface area contributed by atoms with Gasteiger partial charge in [0.15, 0.2) is 0 Å². The number of carbonyl (C=O) groups is 1. The molecule has 1 N–H and O–H groups in total. The molecule has 2 aromatic rings. The first kappa shape index (κ1) is 9.71. The molecule has 0 aliphatic heterocycles. The van der Waals surface area contributed by atoms with Crippen LogP contribution in [0.25, 0.3) is 11.0 Å². The number of benzene rings is 1. The Morgan fingerprint density at radius 2 is 2.27 bits per heavy atom. The highest BCUT2D eigenvalue weighted by Gasteiger charge is 2.11. The summed E-state index contributed by atoms with van der Waals surface area (Å²) in [6, 6.07) is 7.49. The fraction of sp³-hybridized carbons (Fsp3) is 0.273. The number of fused-ring (bicyclic) bond motifs is 1. The number of ether oxygens (including phenoxy) is 1. The van der Waals surface area contributed by atoms with Crippen molar-refractivity contribution in [3.63, 3.8) is 0 Å². The summed E-state index contributed by atoms with van der Waals surface area (Å²) in [4.78, 5) is 18.5. The fourth-order valence-electron chi connectivity index (χ4n) is 1.31. The van der Waals surface area contributed by atoms with Gasteiger partial charge in [-0.05, 0) is 18.6 Å². The third kappa shape index (κ3) is 1.98. The second kappa shape index (κ2) is 4.13. The smallest absolute Gasteiger partial charge is 0.374 e. The molecule has 0 atom stereocenters. The van der Waals surface area contributed by atoms with Gasteiger partial charge in [0.2, 0.25) is 5.82 Å². The summed E-state index contributed by atoms with van der Waals surface area (Å²) in [6.07, 6.45) is 0.811. The van der Waals surface area contributed by atoms with Crippen molar-refractivity contribution in [2.75, 3.05) is 6.61 Å². The number of imidazole rings is 1. The summed E-state index contributed by atoms with van der Waals surface area (Å²) < 4.78 is 4.97. The highest BCUT2D eigenvalue weighted by molar-refractivity contribution is 5.90. The second-order valence-electron chi connectivity index (χ2n) is 3.24. The summed E-state index contributed by atoms with van der Waals surface area (Å²) in [7, 11) is 0. The molecule has 0 aliphatic rings. The van der Waals surface area contributed by atoms with Gasteiger partial charge in [0, 0.05) is 0 Å². The van der Waals surface area contributed by atoms with Gasteiger partial charge < -0.3 is 9.72 Å². The van der Waals surface area contributed by atoms with Crippen LogP contribution in [0.15, 0.2) is 24.3 Å². The van der Waals surface area contributed by atoms with Crippen molar-refractivity contribution in [3.05, 3.63) is 30.1 Å². The van der Waals surface area contributed by atoms with Crippen LogP contribution >= 0.6 is 0 Å². The number of para-hydroxylation sites is 2. The van der Waals surface area contributed by atoms with Gasteiger partial charge in [-0.3, -0.25) is 0 Å². The number of carbonyl (C=O) groups excluding carboxylic acids is 1. The topological polar surface area (TPSA) is 55.0 Å². The maximum absolute atomic E-state index is 11.5. The van der Waals surface area contributed by atoms with Crippen LogP contribution in [0, 0.1) is 0 Å². The third-order valence-electron chi connectivity index (χ3n) is 2.02. The molecule has 0 amide bonds. The van der Waals surface area contributed by atoms with Crippen LogP contribution in [0.4, 0.5) is 0 Å². The molecule has 1 aromatic carbocycles.